The van der Waals surface area contributed by atoms with Gasteiger partial charge in [0.15, 0.2) is 0 Å². The van der Waals surface area contributed by atoms with Gasteiger partial charge in [0.2, 0.25) is 0 Å². The standard InChI is InChI=1S/C11H19N3OS/c1-2-11(15)5-3-9(4-6-11)12-7-10-8-16-14-13-10/h8-9,12,15H,2-7H2,1H3. The van der Waals surface area contributed by atoms with E-state index in [0.717, 1.165) is 44.3 Å². The molecule has 1 heterocycles. The Morgan fingerprint density at radius 2 is 2.31 bits per heavy atom. The molecule has 0 radical (unpaired) electrons. The van der Waals surface area contributed by atoms with Crippen molar-refractivity contribution in [3.05, 3.63) is 11.1 Å². The first-order valence-electron chi connectivity index (χ1n) is 5.93. The molecule has 5 heteroatoms. The summed E-state index contributed by atoms with van der Waals surface area (Å²) < 4.78 is 3.83. The van der Waals surface area contributed by atoms with Crippen LogP contribution in [0.15, 0.2) is 5.38 Å². The Labute approximate surface area is 100 Å². The van der Waals surface area contributed by atoms with Gasteiger partial charge in [0.05, 0.1) is 11.3 Å². The van der Waals surface area contributed by atoms with Crippen LogP contribution < -0.4 is 5.32 Å². The van der Waals surface area contributed by atoms with Gasteiger partial charge in [-0.05, 0) is 43.6 Å². The van der Waals surface area contributed by atoms with Crippen molar-refractivity contribution in [2.75, 3.05) is 0 Å². The minimum Gasteiger partial charge on any atom is -0.390 e. The summed E-state index contributed by atoms with van der Waals surface area (Å²) in [7, 11) is 0. The molecule has 0 saturated heterocycles. The van der Waals surface area contributed by atoms with Crippen molar-refractivity contribution in [3.8, 4) is 0 Å². The molecule has 16 heavy (non-hydrogen) atoms. The first kappa shape index (κ1) is 12.0. The first-order valence-corrected chi connectivity index (χ1v) is 6.77. The molecular weight excluding hydrogens is 222 g/mol. The third-order valence-electron chi connectivity index (χ3n) is 3.55. The van der Waals surface area contributed by atoms with Crippen LogP contribution >= 0.6 is 11.5 Å². The number of aromatic nitrogens is 2. The summed E-state index contributed by atoms with van der Waals surface area (Å²) in [6.07, 6.45) is 4.81. The smallest absolute Gasteiger partial charge is 0.0893 e. The van der Waals surface area contributed by atoms with E-state index in [1.165, 1.54) is 11.5 Å². The van der Waals surface area contributed by atoms with E-state index in [4.69, 9.17) is 0 Å². The van der Waals surface area contributed by atoms with E-state index in [1.54, 1.807) is 0 Å². The van der Waals surface area contributed by atoms with Crippen molar-refractivity contribution < 1.29 is 5.11 Å². The highest BCUT2D eigenvalue weighted by molar-refractivity contribution is 7.03. The molecule has 0 unspecified atom stereocenters. The van der Waals surface area contributed by atoms with Crippen LogP contribution in [0.1, 0.15) is 44.7 Å². The predicted octanol–water partition coefficient (Wildman–Crippen LogP) is 1.71. The van der Waals surface area contributed by atoms with Crippen LogP contribution in [-0.2, 0) is 6.54 Å². The Morgan fingerprint density at radius 1 is 1.56 bits per heavy atom. The maximum absolute atomic E-state index is 10.1. The average molecular weight is 241 g/mol. The van der Waals surface area contributed by atoms with E-state index >= 15 is 0 Å². The molecule has 0 aromatic carbocycles. The number of hydrogen-bond acceptors (Lipinski definition) is 5. The number of rotatable bonds is 4. The Morgan fingerprint density at radius 3 is 2.88 bits per heavy atom. The fourth-order valence-corrected chi connectivity index (χ4v) is 2.67. The summed E-state index contributed by atoms with van der Waals surface area (Å²) in [6.45, 7) is 2.86. The van der Waals surface area contributed by atoms with Crippen LogP contribution in [0.3, 0.4) is 0 Å². The SMILES string of the molecule is CCC1(O)CCC(NCc2csnn2)CC1. The fraction of sp³-hybridized carbons (Fsp3) is 0.818. The third kappa shape index (κ3) is 2.99. The molecule has 1 aliphatic carbocycles. The maximum Gasteiger partial charge on any atom is 0.0893 e. The summed E-state index contributed by atoms with van der Waals surface area (Å²) in [5.41, 5.74) is 0.613. The van der Waals surface area contributed by atoms with Crippen LogP contribution in [-0.4, -0.2) is 26.3 Å². The van der Waals surface area contributed by atoms with Gasteiger partial charge in [-0.25, -0.2) is 0 Å². The van der Waals surface area contributed by atoms with Crippen molar-refractivity contribution >= 4 is 11.5 Å². The van der Waals surface area contributed by atoms with E-state index in [-0.39, 0.29) is 0 Å². The quantitative estimate of drug-likeness (QED) is 0.842. The lowest BCUT2D eigenvalue weighted by molar-refractivity contribution is -0.00694. The molecule has 0 bridgehead atoms. The van der Waals surface area contributed by atoms with Crippen molar-refractivity contribution in [3.63, 3.8) is 0 Å². The van der Waals surface area contributed by atoms with Crippen LogP contribution in [0.5, 0.6) is 0 Å². The Kier molecular flexibility index (Phi) is 3.89. The molecule has 1 aromatic heterocycles. The van der Waals surface area contributed by atoms with E-state index in [0.29, 0.717) is 6.04 Å². The molecule has 1 aliphatic rings. The first-order chi connectivity index (χ1) is 7.72. The fourth-order valence-electron chi connectivity index (χ4n) is 2.22. The average Bonchev–Trinajstić information content (AvgIpc) is 2.81. The molecule has 1 fully saturated rings. The predicted molar refractivity (Wildman–Crippen MR) is 64.2 cm³/mol. The van der Waals surface area contributed by atoms with Crippen molar-refractivity contribution in [2.24, 2.45) is 0 Å². The number of nitrogens with one attached hydrogen (secondary N) is 1. The van der Waals surface area contributed by atoms with E-state index < -0.39 is 5.60 Å². The van der Waals surface area contributed by atoms with Gasteiger partial charge in [0.1, 0.15) is 0 Å². The number of hydrogen-bond donors (Lipinski definition) is 2. The zero-order valence-corrected chi connectivity index (χ0v) is 10.5. The normalized spacial score (nSPS) is 30.5. The lowest BCUT2D eigenvalue weighted by atomic mass is 9.80. The molecule has 1 aromatic rings. The molecule has 2 N–H and O–H groups in total. The van der Waals surface area contributed by atoms with Gasteiger partial charge in [0.25, 0.3) is 0 Å². The number of aliphatic hydroxyl groups is 1. The maximum atomic E-state index is 10.1. The Hall–Kier alpha value is -0.520. The molecular formula is C11H19N3OS. The summed E-state index contributed by atoms with van der Waals surface area (Å²) in [4.78, 5) is 0. The van der Waals surface area contributed by atoms with Crippen LogP contribution in [0.25, 0.3) is 0 Å². The van der Waals surface area contributed by atoms with Crippen LogP contribution in [0, 0.1) is 0 Å². The Balaban J connectivity index is 1.73. The number of nitrogens with zero attached hydrogens (tertiary/aromatic N) is 2. The summed E-state index contributed by atoms with van der Waals surface area (Å²) in [5, 5.41) is 19.6. The topological polar surface area (TPSA) is 58.0 Å². The van der Waals surface area contributed by atoms with E-state index in [1.807, 2.05) is 5.38 Å². The van der Waals surface area contributed by atoms with Gasteiger partial charge >= 0.3 is 0 Å². The van der Waals surface area contributed by atoms with Gasteiger partial charge in [-0.3, -0.25) is 0 Å². The van der Waals surface area contributed by atoms with Crippen LogP contribution in [0.4, 0.5) is 0 Å². The monoisotopic (exact) mass is 241 g/mol. The Bertz CT molecular complexity index is 307. The summed E-state index contributed by atoms with van der Waals surface area (Å²) in [5.74, 6) is 0. The second-order valence-electron chi connectivity index (χ2n) is 4.63. The van der Waals surface area contributed by atoms with E-state index in [2.05, 4.69) is 21.8 Å². The largest absolute Gasteiger partial charge is 0.390 e. The lowest BCUT2D eigenvalue weighted by Gasteiger charge is -2.35. The van der Waals surface area contributed by atoms with Gasteiger partial charge in [-0.15, -0.1) is 5.10 Å². The molecule has 90 valence electrons. The highest BCUT2D eigenvalue weighted by Crippen LogP contribution is 2.30. The van der Waals surface area contributed by atoms with E-state index in [9.17, 15) is 5.11 Å². The molecule has 0 amide bonds. The third-order valence-corrected chi connectivity index (χ3v) is 4.10. The molecule has 0 atom stereocenters. The molecule has 1 saturated carbocycles. The minimum atomic E-state index is -0.402. The van der Waals surface area contributed by atoms with Gasteiger partial charge in [-0.1, -0.05) is 11.4 Å². The van der Waals surface area contributed by atoms with Crippen molar-refractivity contribution in [2.45, 2.75) is 57.2 Å². The zero-order valence-electron chi connectivity index (χ0n) is 9.65. The minimum absolute atomic E-state index is 0.402. The highest BCUT2D eigenvalue weighted by atomic mass is 32.1. The van der Waals surface area contributed by atoms with Gasteiger partial charge in [0, 0.05) is 18.0 Å². The van der Waals surface area contributed by atoms with Gasteiger partial charge in [-0.2, -0.15) is 0 Å². The van der Waals surface area contributed by atoms with Gasteiger partial charge < -0.3 is 10.4 Å². The highest BCUT2D eigenvalue weighted by Gasteiger charge is 2.31. The molecule has 2 rings (SSSR count). The summed E-state index contributed by atoms with van der Waals surface area (Å²) >= 11 is 1.39. The lowest BCUT2D eigenvalue weighted by Crippen LogP contribution is -2.40. The van der Waals surface area contributed by atoms with Crippen LogP contribution in [0.2, 0.25) is 0 Å². The summed E-state index contributed by atoms with van der Waals surface area (Å²) in [6, 6.07) is 0.522. The second-order valence-corrected chi connectivity index (χ2v) is 5.24. The molecule has 4 nitrogen and oxygen atoms in total. The molecule has 0 spiro atoms. The molecule has 0 aliphatic heterocycles. The van der Waals surface area contributed by atoms with Crippen molar-refractivity contribution in [1.82, 2.24) is 14.9 Å². The zero-order chi connectivity index (χ0) is 11.4. The second kappa shape index (κ2) is 5.21. The van der Waals surface area contributed by atoms with Crippen molar-refractivity contribution in [1.29, 1.82) is 0 Å².